The van der Waals surface area contributed by atoms with Gasteiger partial charge in [-0.25, -0.2) is 4.98 Å². The van der Waals surface area contributed by atoms with Gasteiger partial charge in [-0.2, -0.15) is 4.98 Å². The van der Waals surface area contributed by atoms with Crippen LogP contribution < -0.4 is 10.2 Å². The number of thiazole rings is 1. The minimum Gasteiger partial charge on any atom is -0.423 e. The summed E-state index contributed by atoms with van der Waals surface area (Å²) >= 11 is 1.58. The van der Waals surface area contributed by atoms with E-state index in [-0.39, 0.29) is 6.10 Å². The van der Waals surface area contributed by atoms with Crippen LogP contribution >= 0.6 is 11.3 Å². The molecule has 0 amide bonds. The van der Waals surface area contributed by atoms with Crippen LogP contribution in [-0.2, 0) is 4.74 Å². The second kappa shape index (κ2) is 7.27. The van der Waals surface area contributed by atoms with E-state index in [9.17, 15) is 5.11 Å². The van der Waals surface area contributed by atoms with Crippen LogP contribution in [0.1, 0.15) is 52.7 Å². The van der Waals surface area contributed by atoms with Crippen LogP contribution in [0.4, 0.5) is 6.01 Å². The molecule has 7 nitrogen and oxygen atoms in total. The fraction of sp³-hybridized carbons (Fsp3) is 0.565. The first-order chi connectivity index (χ1) is 14.6. The van der Waals surface area contributed by atoms with Crippen molar-refractivity contribution in [3.63, 3.8) is 0 Å². The van der Waals surface area contributed by atoms with Crippen LogP contribution in [0.2, 0.25) is 0 Å². The second-order valence-corrected chi connectivity index (χ2v) is 10.6. The van der Waals surface area contributed by atoms with Crippen molar-refractivity contribution in [1.82, 2.24) is 15.3 Å². The van der Waals surface area contributed by atoms with E-state index in [2.05, 4.69) is 15.2 Å². The molecule has 3 unspecified atom stereocenters. The second-order valence-electron chi connectivity index (χ2n) is 9.74. The lowest BCUT2D eigenvalue weighted by Crippen LogP contribution is -2.67. The van der Waals surface area contributed by atoms with E-state index < -0.39 is 11.2 Å². The number of rotatable bonds is 6. The summed E-state index contributed by atoms with van der Waals surface area (Å²) < 4.78 is 12.7. The minimum absolute atomic E-state index is 0.274. The summed E-state index contributed by atoms with van der Waals surface area (Å²) in [5, 5.41) is 17.0. The molecule has 3 atom stereocenters. The number of anilines is 1. The number of ether oxygens (including phenoxy) is 1. The molecule has 6 rings (SSSR count). The number of nitrogens with one attached hydrogen (secondary N) is 1. The quantitative estimate of drug-likeness (QED) is 0.594. The third-order valence-electron chi connectivity index (χ3n) is 6.80. The average molecular weight is 443 g/mol. The Balaban J connectivity index is 1.56. The Kier molecular flexibility index (Phi) is 4.89. The Labute approximate surface area is 186 Å². The summed E-state index contributed by atoms with van der Waals surface area (Å²) in [4.78, 5) is 11.7. The number of hydrogen-bond acceptors (Lipinski definition) is 8. The molecule has 3 aliphatic rings. The Morgan fingerprint density at radius 3 is 2.58 bits per heavy atom. The van der Waals surface area contributed by atoms with E-state index in [0.717, 1.165) is 40.3 Å². The highest BCUT2D eigenvalue weighted by atomic mass is 32.1. The maximum absolute atomic E-state index is 10.5. The SMILES string of the molecule is CC(OC(C)(C)C(C)(C)O)c1ccc(-c2nccs2)c2oc(N3CC4CC(C3)N4)nc12. The molecule has 5 heterocycles. The van der Waals surface area contributed by atoms with Crippen LogP contribution in [0.3, 0.4) is 0 Å². The summed E-state index contributed by atoms with van der Waals surface area (Å²) in [5.41, 5.74) is 1.71. The molecule has 2 aromatic heterocycles. The predicted octanol–water partition coefficient (Wildman–Crippen LogP) is 4.13. The average Bonchev–Trinajstić information content (AvgIpc) is 3.35. The van der Waals surface area contributed by atoms with Gasteiger partial charge < -0.3 is 24.5 Å². The number of piperazine rings is 1. The fourth-order valence-corrected chi connectivity index (χ4v) is 4.98. The lowest BCUT2D eigenvalue weighted by atomic mass is 9.89. The van der Waals surface area contributed by atoms with Crippen molar-refractivity contribution < 1.29 is 14.3 Å². The third-order valence-corrected chi connectivity index (χ3v) is 7.61. The van der Waals surface area contributed by atoms with E-state index >= 15 is 0 Å². The maximum atomic E-state index is 10.5. The third kappa shape index (κ3) is 3.65. The number of fused-ring (bicyclic) bond motifs is 3. The largest absolute Gasteiger partial charge is 0.423 e. The molecule has 8 heteroatoms. The molecule has 2 bridgehead atoms. The maximum Gasteiger partial charge on any atom is 0.298 e. The number of nitrogens with zero attached hydrogens (tertiary/aromatic N) is 3. The van der Waals surface area contributed by atoms with E-state index in [1.165, 1.54) is 6.42 Å². The molecule has 3 aromatic rings. The number of oxazole rings is 1. The Bertz CT molecular complexity index is 1070. The van der Waals surface area contributed by atoms with Crippen LogP contribution in [0.5, 0.6) is 0 Å². The molecular weight excluding hydrogens is 412 g/mol. The molecule has 2 N–H and O–H groups in total. The van der Waals surface area contributed by atoms with E-state index in [1.807, 2.05) is 38.3 Å². The predicted molar refractivity (Wildman–Crippen MR) is 123 cm³/mol. The standard InChI is InChI=1S/C23H30N4O3S/c1-13(30-23(4,5)22(2,3)28)16-6-7-17(20-24-8-9-31-20)19-18(16)26-21(29-19)27-11-14-10-15(12-27)25-14/h6-9,13-15,25,28H,10-12H2,1-5H3. The fourth-order valence-electron chi connectivity index (χ4n) is 4.32. The van der Waals surface area contributed by atoms with Gasteiger partial charge in [-0.05, 0) is 47.1 Å². The smallest absolute Gasteiger partial charge is 0.298 e. The normalized spacial score (nSPS) is 22.6. The molecule has 0 spiro atoms. The number of aromatic nitrogens is 2. The zero-order chi connectivity index (χ0) is 22.0. The first-order valence-corrected chi connectivity index (χ1v) is 11.7. The van der Waals surface area contributed by atoms with Crippen LogP contribution in [0.25, 0.3) is 21.7 Å². The van der Waals surface area contributed by atoms with Gasteiger partial charge in [0.2, 0.25) is 0 Å². The van der Waals surface area contributed by atoms with Crippen molar-refractivity contribution in [1.29, 1.82) is 0 Å². The Morgan fingerprint density at radius 2 is 1.97 bits per heavy atom. The van der Waals surface area contributed by atoms with Gasteiger partial charge >= 0.3 is 0 Å². The summed E-state index contributed by atoms with van der Waals surface area (Å²) in [6, 6.07) is 5.78. The zero-order valence-corrected chi connectivity index (χ0v) is 19.5. The van der Waals surface area contributed by atoms with E-state index in [4.69, 9.17) is 14.1 Å². The number of aliphatic hydroxyl groups is 1. The van der Waals surface area contributed by atoms with Gasteiger partial charge in [0.25, 0.3) is 6.01 Å². The highest BCUT2D eigenvalue weighted by Gasteiger charge is 2.40. The van der Waals surface area contributed by atoms with Gasteiger partial charge in [0, 0.05) is 42.3 Å². The lowest BCUT2D eigenvalue weighted by Gasteiger charge is -2.47. The molecule has 3 fully saturated rings. The molecule has 0 radical (unpaired) electrons. The molecule has 1 aromatic carbocycles. The molecule has 0 aliphatic carbocycles. The number of benzene rings is 1. The molecule has 0 saturated carbocycles. The van der Waals surface area contributed by atoms with Gasteiger partial charge in [0.1, 0.15) is 10.5 Å². The first-order valence-electron chi connectivity index (χ1n) is 10.9. The van der Waals surface area contributed by atoms with Gasteiger partial charge in [0.15, 0.2) is 5.58 Å². The van der Waals surface area contributed by atoms with Gasteiger partial charge in [-0.15, -0.1) is 11.3 Å². The number of hydrogen-bond donors (Lipinski definition) is 2. The van der Waals surface area contributed by atoms with E-state index in [0.29, 0.717) is 18.1 Å². The highest BCUT2D eigenvalue weighted by Crippen LogP contribution is 2.40. The summed E-state index contributed by atoms with van der Waals surface area (Å²) in [6.07, 6.45) is 2.76. The Hall–Kier alpha value is -2.00. The topological polar surface area (TPSA) is 83.7 Å². The molecule has 31 heavy (non-hydrogen) atoms. The van der Waals surface area contributed by atoms with Crippen molar-refractivity contribution in [3.05, 3.63) is 29.3 Å². The van der Waals surface area contributed by atoms with E-state index in [1.54, 1.807) is 31.4 Å². The van der Waals surface area contributed by atoms with Crippen molar-refractivity contribution in [3.8, 4) is 10.6 Å². The van der Waals surface area contributed by atoms with Crippen molar-refractivity contribution in [2.24, 2.45) is 0 Å². The van der Waals surface area contributed by atoms with Crippen molar-refractivity contribution in [2.75, 3.05) is 18.0 Å². The number of piperidine rings is 1. The molecular formula is C23H30N4O3S. The van der Waals surface area contributed by atoms with Gasteiger partial charge in [-0.1, -0.05) is 6.07 Å². The van der Waals surface area contributed by atoms with Crippen LogP contribution in [-0.4, -0.2) is 51.4 Å². The van der Waals surface area contributed by atoms with Crippen molar-refractivity contribution >= 4 is 28.5 Å². The minimum atomic E-state index is -0.988. The van der Waals surface area contributed by atoms with Crippen LogP contribution in [0.15, 0.2) is 28.1 Å². The summed E-state index contributed by atoms with van der Waals surface area (Å²) in [6.45, 7) is 11.2. The first kappa shape index (κ1) is 20.9. The zero-order valence-electron chi connectivity index (χ0n) is 18.7. The monoisotopic (exact) mass is 442 g/mol. The Morgan fingerprint density at radius 1 is 1.26 bits per heavy atom. The lowest BCUT2D eigenvalue weighted by molar-refractivity contribution is -0.171. The van der Waals surface area contributed by atoms with Gasteiger partial charge in [0.05, 0.1) is 22.9 Å². The van der Waals surface area contributed by atoms with Crippen LogP contribution in [0, 0.1) is 0 Å². The molecule has 3 saturated heterocycles. The summed E-state index contributed by atoms with van der Waals surface area (Å²) in [7, 11) is 0. The molecule has 3 aliphatic heterocycles. The summed E-state index contributed by atoms with van der Waals surface area (Å²) in [5.74, 6) is 0. The highest BCUT2D eigenvalue weighted by molar-refractivity contribution is 7.13. The van der Waals surface area contributed by atoms with Gasteiger partial charge in [-0.3, -0.25) is 0 Å². The molecule has 166 valence electrons. The van der Waals surface area contributed by atoms with Crippen molar-refractivity contribution in [2.45, 2.75) is 70.4 Å².